The van der Waals surface area contributed by atoms with Gasteiger partial charge in [-0.1, -0.05) is 35.0 Å². The molecule has 5 nitrogen and oxygen atoms in total. The first kappa shape index (κ1) is 18.1. The zero-order valence-corrected chi connectivity index (χ0v) is 15.9. The predicted molar refractivity (Wildman–Crippen MR) is 103 cm³/mol. The molecule has 2 aromatic heterocycles. The second-order valence-corrected chi connectivity index (χ2v) is 7.10. The highest BCUT2D eigenvalue weighted by molar-refractivity contribution is 7.14. The number of nitrogens with zero attached hydrogens (tertiary/aromatic N) is 3. The maximum Gasteiger partial charge on any atom is 0.268 e. The number of aromatic nitrogens is 2. The van der Waals surface area contributed by atoms with E-state index in [2.05, 4.69) is 70.0 Å². The van der Waals surface area contributed by atoms with Crippen molar-refractivity contribution in [2.75, 3.05) is 26.7 Å². The molecule has 1 aliphatic rings. The molecule has 0 aliphatic carbocycles. The summed E-state index contributed by atoms with van der Waals surface area (Å²) in [4.78, 5) is 7.98. The molecule has 1 aromatic carbocycles. The topological polar surface area (TPSA) is 54.2 Å². The van der Waals surface area contributed by atoms with E-state index >= 15 is 0 Å². The Bertz CT molecular complexity index is 830. The van der Waals surface area contributed by atoms with Crippen LogP contribution in [-0.4, -0.2) is 41.7 Å². The van der Waals surface area contributed by atoms with E-state index in [0.717, 1.165) is 35.9 Å². The summed E-state index contributed by atoms with van der Waals surface area (Å²) >= 11 is 1.64. The van der Waals surface area contributed by atoms with Crippen LogP contribution < -0.4 is 5.32 Å². The van der Waals surface area contributed by atoms with Gasteiger partial charge in [0, 0.05) is 25.2 Å². The standard InChI is InChI=1S/C18H20N4OS.ClH/c1-12-3-5-13(6-4-12)14-7-10-24-16(14)18-20-17(21-23-18)15-11-19-8-9-22(15)2;/h3-7,10,15,19H,8-9,11H2,1-2H3;1H. The van der Waals surface area contributed by atoms with E-state index in [1.54, 1.807) is 11.3 Å². The average molecular weight is 377 g/mol. The minimum Gasteiger partial charge on any atom is -0.333 e. The number of hydrogen-bond acceptors (Lipinski definition) is 6. The van der Waals surface area contributed by atoms with Crippen LogP contribution in [0.5, 0.6) is 0 Å². The molecule has 3 aromatic rings. The first-order chi connectivity index (χ1) is 11.7. The monoisotopic (exact) mass is 376 g/mol. The number of halogens is 1. The normalized spacial score (nSPS) is 18.1. The highest BCUT2D eigenvalue weighted by Crippen LogP contribution is 2.36. The first-order valence-electron chi connectivity index (χ1n) is 8.12. The van der Waals surface area contributed by atoms with Crippen molar-refractivity contribution < 1.29 is 4.52 Å². The number of thiophene rings is 1. The van der Waals surface area contributed by atoms with Gasteiger partial charge in [0.1, 0.15) is 4.88 Å². The number of rotatable bonds is 3. The summed E-state index contributed by atoms with van der Waals surface area (Å²) in [6.07, 6.45) is 0. The molecule has 0 bridgehead atoms. The lowest BCUT2D eigenvalue weighted by molar-refractivity contribution is 0.190. The number of piperazine rings is 1. The fraction of sp³-hybridized carbons (Fsp3) is 0.333. The van der Waals surface area contributed by atoms with Crippen molar-refractivity contribution in [3.8, 4) is 21.9 Å². The number of hydrogen-bond donors (Lipinski definition) is 1. The van der Waals surface area contributed by atoms with Gasteiger partial charge >= 0.3 is 0 Å². The van der Waals surface area contributed by atoms with Crippen molar-refractivity contribution in [1.29, 1.82) is 0 Å². The molecule has 0 radical (unpaired) electrons. The smallest absolute Gasteiger partial charge is 0.268 e. The SMILES string of the molecule is Cc1ccc(-c2ccsc2-c2nc(C3CNCCN3C)no2)cc1.Cl. The molecule has 1 unspecified atom stereocenters. The first-order valence-corrected chi connectivity index (χ1v) is 9.00. The maximum absolute atomic E-state index is 5.59. The summed E-state index contributed by atoms with van der Waals surface area (Å²) in [6.45, 7) is 4.93. The second kappa shape index (κ2) is 7.66. The fourth-order valence-corrected chi connectivity index (χ4v) is 3.83. The van der Waals surface area contributed by atoms with E-state index in [9.17, 15) is 0 Å². The lowest BCUT2D eigenvalue weighted by Crippen LogP contribution is -2.44. The Morgan fingerprint density at radius 3 is 2.80 bits per heavy atom. The molecule has 25 heavy (non-hydrogen) atoms. The lowest BCUT2D eigenvalue weighted by atomic mass is 10.1. The van der Waals surface area contributed by atoms with E-state index in [-0.39, 0.29) is 18.4 Å². The zero-order valence-electron chi connectivity index (χ0n) is 14.2. The van der Waals surface area contributed by atoms with Gasteiger partial charge < -0.3 is 9.84 Å². The molecule has 1 fully saturated rings. The summed E-state index contributed by atoms with van der Waals surface area (Å²) < 4.78 is 5.59. The Hall–Kier alpha value is -1.73. The lowest BCUT2D eigenvalue weighted by Gasteiger charge is -2.30. The second-order valence-electron chi connectivity index (χ2n) is 6.19. The van der Waals surface area contributed by atoms with Crippen molar-refractivity contribution in [2.24, 2.45) is 0 Å². The summed E-state index contributed by atoms with van der Waals surface area (Å²) in [6, 6.07) is 10.8. The third-order valence-corrected chi connectivity index (χ3v) is 5.38. The van der Waals surface area contributed by atoms with E-state index in [1.165, 1.54) is 11.1 Å². The van der Waals surface area contributed by atoms with Crippen LogP contribution in [0.3, 0.4) is 0 Å². The molecular weight excluding hydrogens is 356 g/mol. The van der Waals surface area contributed by atoms with Crippen molar-refractivity contribution in [1.82, 2.24) is 20.4 Å². The van der Waals surface area contributed by atoms with Crippen molar-refractivity contribution in [2.45, 2.75) is 13.0 Å². The van der Waals surface area contributed by atoms with Gasteiger partial charge in [0.25, 0.3) is 5.89 Å². The Balaban J connectivity index is 0.00000182. The van der Waals surface area contributed by atoms with Gasteiger partial charge in [-0.15, -0.1) is 23.7 Å². The van der Waals surface area contributed by atoms with Crippen LogP contribution in [0.1, 0.15) is 17.4 Å². The van der Waals surface area contributed by atoms with Crippen LogP contribution in [0.4, 0.5) is 0 Å². The molecule has 4 rings (SSSR count). The summed E-state index contributed by atoms with van der Waals surface area (Å²) in [5, 5.41) is 9.70. The minimum atomic E-state index is 0. The molecule has 0 amide bonds. The fourth-order valence-electron chi connectivity index (χ4n) is 2.99. The summed E-state index contributed by atoms with van der Waals surface area (Å²) in [5.41, 5.74) is 3.57. The Morgan fingerprint density at radius 2 is 2.04 bits per heavy atom. The molecule has 0 saturated carbocycles. The number of aryl methyl sites for hydroxylation is 1. The molecule has 1 N–H and O–H groups in total. The molecule has 3 heterocycles. The molecular formula is C18H21ClN4OS. The van der Waals surface area contributed by atoms with Gasteiger partial charge in [-0.3, -0.25) is 4.90 Å². The Kier molecular flexibility index (Phi) is 5.54. The van der Waals surface area contributed by atoms with Crippen LogP contribution in [0.15, 0.2) is 40.2 Å². The van der Waals surface area contributed by atoms with E-state index in [4.69, 9.17) is 4.52 Å². The van der Waals surface area contributed by atoms with Crippen LogP contribution >= 0.6 is 23.7 Å². The Morgan fingerprint density at radius 1 is 1.24 bits per heavy atom. The molecule has 1 atom stereocenters. The minimum absolute atomic E-state index is 0. The molecule has 0 spiro atoms. The molecule has 7 heteroatoms. The third kappa shape index (κ3) is 3.62. The summed E-state index contributed by atoms with van der Waals surface area (Å²) in [5.74, 6) is 1.36. The molecule has 1 aliphatic heterocycles. The van der Waals surface area contributed by atoms with Crippen molar-refractivity contribution in [3.05, 3.63) is 47.1 Å². The predicted octanol–water partition coefficient (Wildman–Crippen LogP) is 3.77. The number of benzene rings is 1. The van der Waals surface area contributed by atoms with Gasteiger partial charge in [-0.2, -0.15) is 4.98 Å². The van der Waals surface area contributed by atoms with Crippen LogP contribution in [0.25, 0.3) is 21.9 Å². The average Bonchev–Trinajstić information content (AvgIpc) is 3.25. The van der Waals surface area contributed by atoms with Crippen molar-refractivity contribution >= 4 is 23.7 Å². The highest BCUT2D eigenvalue weighted by atomic mass is 35.5. The van der Waals surface area contributed by atoms with Crippen molar-refractivity contribution in [3.63, 3.8) is 0 Å². The zero-order chi connectivity index (χ0) is 16.5. The van der Waals surface area contributed by atoms with Gasteiger partial charge in [0.15, 0.2) is 5.82 Å². The third-order valence-electron chi connectivity index (χ3n) is 4.47. The maximum atomic E-state index is 5.59. The summed E-state index contributed by atoms with van der Waals surface area (Å²) in [7, 11) is 2.10. The molecule has 1 saturated heterocycles. The van der Waals surface area contributed by atoms with E-state index in [1.807, 2.05) is 0 Å². The molecule has 132 valence electrons. The number of nitrogens with one attached hydrogen (secondary N) is 1. The van der Waals surface area contributed by atoms with Gasteiger partial charge in [-0.25, -0.2) is 0 Å². The van der Waals surface area contributed by atoms with E-state index in [0.29, 0.717) is 5.89 Å². The van der Waals surface area contributed by atoms with Gasteiger partial charge in [-0.05, 0) is 31.0 Å². The highest BCUT2D eigenvalue weighted by Gasteiger charge is 2.26. The van der Waals surface area contributed by atoms with Gasteiger partial charge in [0.05, 0.1) is 6.04 Å². The van der Waals surface area contributed by atoms with E-state index < -0.39 is 0 Å². The quantitative estimate of drug-likeness (QED) is 0.754. The van der Waals surface area contributed by atoms with Crippen LogP contribution in [0.2, 0.25) is 0 Å². The largest absolute Gasteiger partial charge is 0.333 e. The van der Waals surface area contributed by atoms with Gasteiger partial charge in [0.2, 0.25) is 0 Å². The van der Waals surface area contributed by atoms with Crippen LogP contribution in [0, 0.1) is 6.92 Å². The number of likely N-dealkylation sites (N-methyl/N-ethyl adjacent to an activating group) is 1. The van der Waals surface area contributed by atoms with Crippen LogP contribution in [-0.2, 0) is 0 Å². The Labute approximate surface area is 157 Å².